The standard InChI is InChI=1S/C21H24N2O3/c1-4-12-13-7-5-6-8-16(13)22-17(12)9-15-14-10-19(25-2)20(26-3)11-18(14)23-21(15)24/h9-11,22H,4-8H2,1-3H3,(H,23,24). The van der Waals surface area contributed by atoms with Crippen molar-refractivity contribution in [3.05, 3.63) is 40.2 Å². The predicted molar refractivity (Wildman–Crippen MR) is 103 cm³/mol. The summed E-state index contributed by atoms with van der Waals surface area (Å²) >= 11 is 0. The van der Waals surface area contributed by atoms with Crippen molar-refractivity contribution in [1.29, 1.82) is 0 Å². The third-order valence-electron chi connectivity index (χ3n) is 5.39. The number of ether oxygens (including phenoxy) is 2. The average Bonchev–Trinajstić information content (AvgIpc) is 3.17. The van der Waals surface area contributed by atoms with E-state index >= 15 is 0 Å². The SMILES string of the molecule is CCc1c(C=C2C(=O)Nc3cc(OC)c(OC)cc32)[nH]c2c1CCCC2. The molecule has 1 amide bonds. The number of carbonyl (C=O) groups excluding carboxylic acids is 1. The Labute approximate surface area is 153 Å². The van der Waals surface area contributed by atoms with E-state index in [0.29, 0.717) is 17.1 Å². The number of amides is 1. The predicted octanol–water partition coefficient (Wildman–Crippen LogP) is 3.97. The molecule has 136 valence electrons. The number of aromatic nitrogens is 1. The van der Waals surface area contributed by atoms with Gasteiger partial charge in [-0.1, -0.05) is 6.92 Å². The van der Waals surface area contributed by atoms with Crippen molar-refractivity contribution in [3.8, 4) is 11.5 Å². The summed E-state index contributed by atoms with van der Waals surface area (Å²) in [7, 11) is 3.20. The maximum Gasteiger partial charge on any atom is 0.256 e. The van der Waals surface area contributed by atoms with Crippen LogP contribution in [0.2, 0.25) is 0 Å². The molecule has 0 spiro atoms. The van der Waals surface area contributed by atoms with E-state index in [9.17, 15) is 4.79 Å². The van der Waals surface area contributed by atoms with Crippen LogP contribution in [-0.4, -0.2) is 25.1 Å². The number of aryl methyl sites for hydroxylation is 1. The quantitative estimate of drug-likeness (QED) is 0.819. The maximum atomic E-state index is 12.6. The van der Waals surface area contributed by atoms with Crippen LogP contribution in [-0.2, 0) is 24.1 Å². The minimum absolute atomic E-state index is 0.0927. The molecule has 1 aromatic heterocycles. The van der Waals surface area contributed by atoms with Gasteiger partial charge in [0.2, 0.25) is 0 Å². The number of carbonyl (C=O) groups is 1. The van der Waals surface area contributed by atoms with Crippen molar-refractivity contribution in [2.45, 2.75) is 39.0 Å². The highest BCUT2D eigenvalue weighted by Gasteiger charge is 2.28. The highest BCUT2D eigenvalue weighted by Crippen LogP contribution is 2.41. The Morgan fingerprint density at radius 3 is 2.58 bits per heavy atom. The lowest BCUT2D eigenvalue weighted by atomic mass is 9.93. The lowest BCUT2D eigenvalue weighted by molar-refractivity contribution is -0.110. The molecule has 0 bridgehead atoms. The summed E-state index contributed by atoms with van der Waals surface area (Å²) in [5.41, 5.74) is 7.47. The van der Waals surface area contributed by atoms with Gasteiger partial charge in [0.1, 0.15) is 0 Å². The number of rotatable bonds is 4. The molecule has 26 heavy (non-hydrogen) atoms. The molecule has 2 N–H and O–H groups in total. The number of fused-ring (bicyclic) bond motifs is 2. The van der Waals surface area contributed by atoms with Gasteiger partial charge in [-0.2, -0.15) is 0 Å². The molecule has 0 saturated heterocycles. The lowest BCUT2D eigenvalue weighted by Gasteiger charge is -2.11. The molecule has 1 aliphatic carbocycles. The highest BCUT2D eigenvalue weighted by molar-refractivity contribution is 6.35. The van der Waals surface area contributed by atoms with Crippen molar-refractivity contribution in [1.82, 2.24) is 4.98 Å². The van der Waals surface area contributed by atoms with E-state index in [1.54, 1.807) is 14.2 Å². The summed E-state index contributed by atoms with van der Waals surface area (Å²) in [4.78, 5) is 16.2. The van der Waals surface area contributed by atoms with Gasteiger partial charge in [-0.15, -0.1) is 0 Å². The Balaban J connectivity index is 1.83. The second kappa shape index (κ2) is 6.56. The Morgan fingerprint density at radius 1 is 1.12 bits per heavy atom. The first kappa shape index (κ1) is 16.8. The third kappa shape index (κ3) is 2.59. The first-order valence-electron chi connectivity index (χ1n) is 9.18. The minimum atomic E-state index is -0.0927. The summed E-state index contributed by atoms with van der Waals surface area (Å²) in [6.45, 7) is 2.18. The first-order chi connectivity index (χ1) is 12.7. The van der Waals surface area contributed by atoms with Crippen molar-refractivity contribution < 1.29 is 14.3 Å². The van der Waals surface area contributed by atoms with E-state index in [-0.39, 0.29) is 5.91 Å². The summed E-state index contributed by atoms with van der Waals surface area (Å²) in [5.74, 6) is 1.14. The topological polar surface area (TPSA) is 63.4 Å². The van der Waals surface area contributed by atoms with Gasteiger partial charge in [0.15, 0.2) is 11.5 Å². The highest BCUT2D eigenvalue weighted by atomic mass is 16.5. The summed E-state index contributed by atoms with van der Waals surface area (Å²) < 4.78 is 10.7. The second-order valence-corrected chi connectivity index (χ2v) is 6.80. The number of H-pyrrole nitrogens is 1. The molecule has 1 aliphatic heterocycles. The number of nitrogens with one attached hydrogen (secondary N) is 2. The van der Waals surface area contributed by atoms with Crippen LogP contribution < -0.4 is 14.8 Å². The Bertz CT molecular complexity index is 908. The molecule has 5 heteroatoms. The van der Waals surface area contributed by atoms with Crippen LogP contribution in [0.15, 0.2) is 12.1 Å². The molecule has 4 rings (SSSR count). The number of benzene rings is 1. The zero-order valence-electron chi connectivity index (χ0n) is 15.5. The number of methoxy groups -OCH3 is 2. The number of hydrogen-bond acceptors (Lipinski definition) is 3. The van der Waals surface area contributed by atoms with Crippen LogP contribution >= 0.6 is 0 Å². The largest absolute Gasteiger partial charge is 0.493 e. The smallest absolute Gasteiger partial charge is 0.256 e. The number of aromatic amines is 1. The molecule has 0 fully saturated rings. The van der Waals surface area contributed by atoms with Crippen LogP contribution in [0.25, 0.3) is 11.6 Å². The van der Waals surface area contributed by atoms with Gasteiger partial charge in [0.25, 0.3) is 5.91 Å². The Hall–Kier alpha value is -2.69. The zero-order chi connectivity index (χ0) is 18.3. The molecule has 0 atom stereocenters. The van der Waals surface area contributed by atoms with E-state index in [4.69, 9.17) is 9.47 Å². The van der Waals surface area contributed by atoms with Crippen LogP contribution in [0, 0.1) is 0 Å². The molecule has 2 heterocycles. The molecule has 0 radical (unpaired) electrons. The van der Waals surface area contributed by atoms with Gasteiger partial charge in [0.05, 0.1) is 25.5 Å². The summed E-state index contributed by atoms with van der Waals surface area (Å²) in [6, 6.07) is 3.68. The molecule has 2 aliphatic rings. The van der Waals surface area contributed by atoms with E-state index in [1.165, 1.54) is 29.7 Å². The normalized spacial score (nSPS) is 17.0. The van der Waals surface area contributed by atoms with E-state index in [1.807, 2.05) is 18.2 Å². The second-order valence-electron chi connectivity index (χ2n) is 6.80. The van der Waals surface area contributed by atoms with Crippen molar-refractivity contribution >= 4 is 23.2 Å². The molecule has 0 saturated carbocycles. The fourth-order valence-electron chi connectivity index (χ4n) is 4.11. The van der Waals surface area contributed by atoms with Crippen molar-refractivity contribution in [2.24, 2.45) is 0 Å². The van der Waals surface area contributed by atoms with Crippen LogP contribution in [0.1, 0.15) is 47.8 Å². The van der Waals surface area contributed by atoms with Crippen molar-refractivity contribution in [2.75, 3.05) is 19.5 Å². The van der Waals surface area contributed by atoms with E-state index in [0.717, 1.165) is 36.2 Å². The molecule has 1 aromatic carbocycles. The summed E-state index contributed by atoms with van der Waals surface area (Å²) in [5, 5.41) is 2.94. The van der Waals surface area contributed by atoms with E-state index < -0.39 is 0 Å². The van der Waals surface area contributed by atoms with Crippen LogP contribution in [0.3, 0.4) is 0 Å². The maximum absolute atomic E-state index is 12.6. The fraction of sp³-hybridized carbons (Fsp3) is 0.381. The van der Waals surface area contributed by atoms with Gasteiger partial charge < -0.3 is 19.8 Å². The minimum Gasteiger partial charge on any atom is -0.493 e. The zero-order valence-corrected chi connectivity index (χ0v) is 15.5. The monoisotopic (exact) mass is 352 g/mol. The first-order valence-corrected chi connectivity index (χ1v) is 9.18. The van der Waals surface area contributed by atoms with Gasteiger partial charge in [0, 0.05) is 23.0 Å². The Kier molecular flexibility index (Phi) is 4.23. The van der Waals surface area contributed by atoms with Gasteiger partial charge in [-0.3, -0.25) is 4.79 Å². The molecule has 0 unspecified atom stereocenters. The Morgan fingerprint density at radius 2 is 1.85 bits per heavy atom. The lowest BCUT2D eigenvalue weighted by Crippen LogP contribution is -2.04. The average molecular weight is 352 g/mol. The molecule has 2 aromatic rings. The number of anilines is 1. The van der Waals surface area contributed by atoms with Gasteiger partial charge in [-0.05, 0) is 55.4 Å². The van der Waals surface area contributed by atoms with Crippen LogP contribution in [0.5, 0.6) is 11.5 Å². The third-order valence-corrected chi connectivity index (χ3v) is 5.39. The van der Waals surface area contributed by atoms with Crippen molar-refractivity contribution in [3.63, 3.8) is 0 Å². The molecular weight excluding hydrogens is 328 g/mol. The van der Waals surface area contributed by atoms with Gasteiger partial charge >= 0.3 is 0 Å². The summed E-state index contributed by atoms with van der Waals surface area (Å²) in [6.07, 6.45) is 7.65. The molecular formula is C21H24N2O3. The fourth-order valence-corrected chi connectivity index (χ4v) is 4.11. The van der Waals surface area contributed by atoms with E-state index in [2.05, 4.69) is 17.2 Å². The van der Waals surface area contributed by atoms with Crippen LogP contribution in [0.4, 0.5) is 5.69 Å². The molecule has 5 nitrogen and oxygen atoms in total. The van der Waals surface area contributed by atoms with Gasteiger partial charge in [-0.25, -0.2) is 0 Å². The number of hydrogen-bond donors (Lipinski definition) is 2.